The highest BCUT2D eigenvalue weighted by Gasteiger charge is 2.35. The Bertz CT molecular complexity index is 369. The van der Waals surface area contributed by atoms with Gasteiger partial charge >= 0.3 is 0 Å². The molecule has 2 unspecified atom stereocenters. The average Bonchev–Trinajstić information content (AvgIpc) is 2.64. The Morgan fingerprint density at radius 3 is 2.82 bits per heavy atom. The Kier molecular flexibility index (Phi) is 3.94. The minimum Gasteiger partial charge on any atom is -0.321 e. The zero-order valence-corrected chi connectivity index (χ0v) is 12.1. The highest BCUT2D eigenvalue weighted by molar-refractivity contribution is 7.12. The molecule has 0 aromatic carbocycles. The van der Waals surface area contributed by atoms with Crippen LogP contribution in [0, 0.1) is 18.8 Å². The molecule has 0 bridgehead atoms. The number of rotatable bonds is 3. The van der Waals surface area contributed by atoms with Crippen LogP contribution in [0.2, 0.25) is 0 Å². The van der Waals surface area contributed by atoms with Crippen LogP contribution in [0.15, 0.2) is 12.1 Å². The van der Waals surface area contributed by atoms with Crippen molar-refractivity contribution in [2.24, 2.45) is 17.6 Å². The van der Waals surface area contributed by atoms with E-state index in [-0.39, 0.29) is 5.54 Å². The predicted molar refractivity (Wildman–Crippen MR) is 76.3 cm³/mol. The highest BCUT2D eigenvalue weighted by Crippen LogP contribution is 2.42. The monoisotopic (exact) mass is 251 g/mol. The van der Waals surface area contributed by atoms with Gasteiger partial charge in [-0.2, -0.15) is 0 Å². The smallest absolute Gasteiger partial charge is 0.0506 e. The SMILES string of the molecule is Cc1ccc(C2(N)CCCC(CC(C)C)C2)s1. The molecule has 2 heteroatoms. The Hall–Kier alpha value is -0.340. The van der Waals surface area contributed by atoms with Crippen LogP contribution >= 0.6 is 11.3 Å². The summed E-state index contributed by atoms with van der Waals surface area (Å²) >= 11 is 1.89. The Morgan fingerprint density at radius 1 is 1.47 bits per heavy atom. The summed E-state index contributed by atoms with van der Waals surface area (Å²) in [6.07, 6.45) is 6.36. The van der Waals surface area contributed by atoms with Gasteiger partial charge in [0.25, 0.3) is 0 Å². The van der Waals surface area contributed by atoms with Gasteiger partial charge in [0.1, 0.15) is 0 Å². The molecule has 1 nitrogen and oxygen atoms in total. The summed E-state index contributed by atoms with van der Waals surface area (Å²) < 4.78 is 0. The number of hydrogen-bond acceptors (Lipinski definition) is 2. The first-order valence-electron chi connectivity index (χ1n) is 6.85. The molecule has 1 heterocycles. The second-order valence-electron chi connectivity index (χ2n) is 6.16. The van der Waals surface area contributed by atoms with Gasteiger partial charge in [-0.15, -0.1) is 11.3 Å². The lowest BCUT2D eigenvalue weighted by atomic mass is 9.73. The molecule has 0 amide bonds. The maximum absolute atomic E-state index is 6.67. The minimum absolute atomic E-state index is 0.0310. The van der Waals surface area contributed by atoms with Gasteiger partial charge in [0.05, 0.1) is 5.54 Å². The Balaban J connectivity index is 2.09. The second kappa shape index (κ2) is 5.11. The first-order valence-corrected chi connectivity index (χ1v) is 7.67. The summed E-state index contributed by atoms with van der Waals surface area (Å²) in [5, 5.41) is 0. The molecule has 1 aliphatic carbocycles. The molecule has 1 aromatic rings. The maximum atomic E-state index is 6.67. The third-order valence-electron chi connectivity index (χ3n) is 3.92. The maximum Gasteiger partial charge on any atom is 0.0506 e. The predicted octanol–water partition coefficient (Wildman–Crippen LogP) is 4.45. The molecule has 96 valence electrons. The van der Waals surface area contributed by atoms with Crippen molar-refractivity contribution < 1.29 is 0 Å². The van der Waals surface area contributed by atoms with Gasteiger partial charge in [0, 0.05) is 9.75 Å². The van der Waals surface area contributed by atoms with E-state index in [0.717, 1.165) is 11.8 Å². The molecule has 0 saturated heterocycles. The lowest BCUT2D eigenvalue weighted by Crippen LogP contribution is -2.41. The molecule has 1 aromatic heterocycles. The van der Waals surface area contributed by atoms with Crippen molar-refractivity contribution in [3.63, 3.8) is 0 Å². The Morgan fingerprint density at radius 2 is 2.24 bits per heavy atom. The fraction of sp³-hybridized carbons (Fsp3) is 0.733. The van der Waals surface area contributed by atoms with Gasteiger partial charge in [0.2, 0.25) is 0 Å². The zero-order chi connectivity index (χ0) is 12.5. The van der Waals surface area contributed by atoms with E-state index >= 15 is 0 Å². The first kappa shape index (κ1) is 13.1. The minimum atomic E-state index is -0.0310. The van der Waals surface area contributed by atoms with Crippen LogP contribution in [0.1, 0.15) is 55.7 Å². The summed E-state index contributed by atoms with van der Waals surface area (Å²) in [5.41, 5.74) is 6.64. The zero-order valence-electron chi connectivity index (χ0n) is 11.3. The van der Waals surface area contributed by atoms with Crippen molar-refractivity contribution in [3.8, 4) is 0 Å². The molecule has 1 aliphatic rings. The van der Waals surface area contributed by atoms with Gasteiger partial charge < -0.3 is 5.73 Å². The third kappa shape index (κ3) is 3.11. The molecular weight excluding hydrogens is 226 g/mol. The third-order valence-corrected chi connectivity index (χ3v) is 5.14. The van der Waals surface area contributed by atoms with Crippen LogP contribution in [0.5, 0.6) is 0 Å². The number of nitrogens with two attached hydrogens (primary N) is 1. The van der Waals surface area contributed by atoms with Crippen molar-refractivity contribution in [1.82, 2.24) is 0 Å². The number of aryl methyl sites for hydroxylation is 1. The van der Waals surface area contributed by atoms with Crippen LogP contribution < -0.4 is 5.73 Å². The molecule has 2 rings (SSSR count). The average molecular weight is 251 g/mol. The summed E-state index contributed by atoms with van der Waals surface area (Å²) in [7, 11) is 0. The second-order valence-corrected chi connectivity index (χ2v) is 7.45. The molecule has 0 radical (unpaired) electrons. The largest absolute Gasteiger partial charge is 0.321 e. The Labute approximate surface area is 109 Å². The van der Waals surface area contributed by atoms with E-state index in [0.29, 0.717) is 0 Å². The van der Waals surface area contributed by atoms with Gasteiger partial charge in [-0.1, -0.05) is 26.7 Å². The van der Waals surface area contributed by atoms with Crippen molar-refractivity contribution in [2.75, 3.05) is 0 Å². The van der Waals surface area contributed by atoms with E-state index < -0.39 is 0 Å². The summed E-state index contributed by atoms with van der Waals surface area (Å²) in [6, 6.07) is 4.46. The van der Waals surface area contributed by atoms with E-state index in [1.54, 1.807) is 0 Å². The molecule has 0 spiro atoms. The van der Waals surface area contributed by atoms with Crippen LogP contribution in [0.4, 0.5) is 0 Å². The molecule has 2 atom stereocenters. The van der Waals surface area contributed by atoms with E-state index in [1.807, 2.05) is 11.3 Å². The van der Waals surface area contributed by atoms with E-state index in [9.17, 15) is 0 Å². The molecular formula is C15H25NS. The first-order chi connectivity index (χ1) is 7.99. The van der Waals surface area contributed by atoms with Crippen molar-refractivity contribution in [3.05, 3.63) is 21.9 Å². The van der Waals surface area contributed by atoms with Crippen LogP contribution in [-0.4, -0.2) is 0 Å². The summed E-state index contributed by atoms with van der Waals surface area (Å²) in [5.74, 6) is 1.63. The van der Waals surface area contributed by atoms with Gasteiger partial charge in [-0.3, -0.25) is 0 Å². The standard InChI is InChI=1S/C15H25NS/c1-11(2)9-13-5-4-8-15(16,10-13)14-7-6-12(3)17-14/h6-7,11,13H,4-5,8-10,16H2,1-3H3. The summed E-state index contributed by atoms with van der Waals surface area (Å²) in [6.45, 7) is 6.82. The summed E-state index contributed by atoms with van der Waals surface area (Å²) in [4.78, 5) is 2.79. The number of thiophene rings is 1. The van der Waals surface area contributed by atoms with Crippen molar-refractivity contribution in [2.45, 2.75) is 58.4 Å². The van der Waals surface area contributed by atoms with Crippen LogP contribution in [-0.2, 0) is 5.54 Å². The molecule has 1 fully saturated rings. The topological polar surface area (TPSA) is 26.0 Å². The van der Waals surface area contributed by atoms with E-state index in [1.165, 1.54) is 41.9 Å². The normalized spacial score (nSPS) is 29.8. The van der Waals surface area contributed by atoms with Gasteiger partial charge in [-0.05, 0) is 50.2 Å². The van der Waals surface area contributed by atoms with Crippen molar-refractivity contribution >= 4 is 11.3 Å². The van der Waals surface area contributed by atoms with Crippen molar-refractivity contribution in [1.29, 1.82) is 0 Å². The highest BCUT2D eigenvalue weighted by atomic mass is 32.1. The fourth-order valence-corrected chi connectivity index (χ4v) is 4.23. The van der Waals surface area contributed by atoms with Gasteiger partial charge in [-0.25, -0.2) is 0 Å². The van der Waals surface area contributed by atoms with Crippen LogP contribution in [0.25, 0.3) is 0 Å². The lowest BCUT2D eigenvalue weighted by Gasteiger charge is -2.38. The van der Waals surface area contributed by atoms with Gasteiger partial charge in [0.15, 0.2) is 0 Å². The fourth-order valence-electron chi connectivity index (χ4n) is 3.22. The van der Waals surface area contributed by atoms with E-state index in [2.05, 4.69) is 32.9 Å². The molecule has 0 aliphatic heterocycles. The lowest BCUT2D eigenvalue weighted by molar-refractivity contribution is 0.205. The number of hydrogen-bond donors (Lipinski definition) is 1. The van der Waals surface area contributed by atoms with Crippen LogP contribution in [0.3, 0.4) is 0 Å². The van der Waals surface area contributed by atoms with E-state index in [4.69, 9.17) is 5.73 Å². The molecule has 1 saturated carbocycles. The quantitative estimate of drug-likeness (QED) is 0.844. The molecule has 2 N–H and O–H groups in total. The molecule has 17 heavy (non-hydrogen) atoms.